The lowest BCUT2D eigenvalue weighted by atomic mass is 10.1. The van der Waals surface area contributed by atoms with E-state index in [1.54, 1.807) is 18.9 Å². The van der Waals surface area contributed by atoms with Gasteiger partial charge in [-0.2, -0.15) is 5.10 Å². The summed E-state index contributed by atoms with van der Waals surface area (Å²) in [7, 11) is 1.68. The van der Waals surface area contributed by atoms with Crippen LogP contribution >= 0.6 is 11.8 Å². The van der Waals surface area contributed by atoms with Gasteiger partial charge in [-0.05, 0) is 37.4 Å². The van der Waals surface area contributed by atoms with Gasteiger partial charge in [0.2, 0.25) is 0 Å². The summed E-state index contributed by atoms with van der Waals surface area (Å²) in [5.74, 6) is 0.850. The summed E-state index contributed by atoms with van der Waals surface area (Å²) in [6.07, 6.45) is 6.94. The van der Waals surface area contributed by atoms with Gasteiger partial charge in [-0.15, -0.1) is 0 Å². The zero-order valence-corrected chi connectivity index (χ0v) is 16.7. The molecule has 0 bridgehead atoms. The van der Waals surface area contributed by atoms with E-state index in [0.717, 1.165) is 42.6 Å². The van der Waals surface area contributed by atoms with Crippen LogP contribution in [0.1, 0.15) is 22.5 Å². The van der Waals surface area contributed by atoms with E-state index in [4.69, 9.17) is 4.74 Å². The maximum atomic E-state index is 5.24. The summed E-state index contributed by atoms with van der Waals surface area (Å²) in [6, 6.07) is 7.97. The number of aromatic nitrogens is 4. The molecule has 3 aromatic rings. The third-order valence-electron chi connectivity index (χ3n) is 5.00. The fourth-order valence-corrected chi connectivity index (χ4v) is 3.77. The van der Waals surface area contributed by atoms with E-state index < -0.39 is 0 Å². The van der Waals surface area contributed by atoms with Crippen molar-refractivity contribution in [2.75, 3.05) is 19.9 Å². The SMILES string of the molecule is COc1ccc(-n2ncc(CN3CCc4nc(SC)ncc4C3)c2C)cc1. The minimum absolute atomic E-state index is 0.850. The molecule has 140 valence electrons. The van der Waals surface area contributed by atoms with Crippen molar-refractivity contribution in [2.24, 2.45) is 0 Å². The number of methoxy groups -OCH3 is 1. The smallest absolute Gasteiger partial charge is 0.187 e. The molecule has 0 saturated carbocycles. The molecule has 0 amide bonds. The van der Waals surface area contributed by atoms with Gasteiger partial charge >= 0.3 is 0 Å². The van der Waals surface area contributed by atoms with Crippen LogP contribution in [-0.2, 0) is 19.5 Å². The number of hydrogen-bond acceptors (Lipinski definition) is 6. The second kappa shape index (κ2) is 7.70. The summed E-state index contributed by atoms with van der Waals surface area (Å²) in [5, 5.41) is 5.46. The Bertz CT molecular complexity index is 938. The van der Waals surface area contributed by atoms with Crippen LogP contribution in [0.2, 0.25) is 0 Å². The Balaban J connectivity index is 1.49. The van der Waals surface area contributed by atoms with Gasteiger partial charge in [-0.3, -0.25) is 4.90 Å². The molecular formula is C20H23N5OS. The molecule has 0 radical (unpaired) electrons. The Kier molecular flexibility index (Phi) is 5.13. The van der Waals surface area contributed by atoms with Crippen molar-refractivity contribution in [3.8, 4) is 11.4 Å². The molecule has 1 aliphatic heterocycles. The average molecular weight is 382 g/mol. The molecule has 0 atom stereocenters. The summed E-state index contributed by atoms with van der Waals surface area (Å²) >= 11 is 1.60. The summed E-state index contributed by atoms with van der Waals surface area (Å²) in [5.41, 5.74) is 5.88. The van der Waals surface area contributed by atoms with Crippen molar-refractivity contribution in [2.45, 2.75) is 31.6 Å². The zero-order chi connectivity index (χ0) is 18.8. The second-order valence-electron chi connectivity index (χ2n) is 6.65. The first-order valence-electron chi connectivity index (χ1n) is 8.97. The molecule has 6 nitrogen and oxygen atoms in total. The monoisotopic (exact) mass is 381 g/mol. The summed E-state index contributed by atoms with van der Waals surface area (Å²) in [6.45, 7) is 4.90. The zero-order valence-electron chi connectivity index (χ0n) is 15.8. The fraction of sp³-hybridized carbons (Fsp3) is 0.350. The first kappa shape index (κ1) is 18.0. The third-order valence-corrected chi connectivity index (χ3v) is 5.56. The van der Waals surface area contributed by atoms with Crippen LogP contribution in [-0.4, -0.2) is 44.6 Å². The number of hydrogen-bond donors (Lipinski definition) is 0. The first-order chi connectivity index (χ1) is 13.2. The number of nitrogens with zero attached hydrogens (tertiary/aromatic N) is 5. The van der Waals surface area contributed by atoms with Crippen LogP contribution in [0.15, 0.2) is 41.8 Å². The normalized spacial score (nSPS) is 14.2. The molecule has 27 heavy (non-hydrogen) atoms. The van der Waals surface area contributed by atoms with Crippen LogP contribution < -0.4 is 4.74 Å². The highest BCUT2D eigenvalue weighted by Gasteiger charge is 2.20. The molecular weight excluding hydrogens is 358 g/mol. The van der Waals surface area contributed by atoms with Gasteiger partial charge in [0, 0.05) is 49.1 Å². The molecule has 0 spiro atoms. The van der Waals surface area contributed by atoms with E-state index in [0.29, 0.717) is 0 Å². The Labute approximate surface area is 163 Å². The van der Waals surface area contributed by atoms with E-state index >= 15 is 0 Å². The largest absolute Gasteiger partial charge is 0.497 e. The van der Waals surface area contributed by atoms with Crippen molar-refractivity contribution in [1.82, 2.24) is 24.6 Å². The van der Waals surface area contributed by atoms with Gasteiger partial charge < -0.3 is 4.74 Å². The van der Waals surface area contributed by atoms with Crippen molar-refractivity contribution in [3.05, 3.63) is 59.2 Å². The molecule has 1 aliphatic rings. The standard InChI is InChI=1S/C20H23N5OS/c1-14-15(11-22-25(14)17-4-6-18(26-2)7-5-17)12-24-9-8-19-16(13-24)10-21-20(23-19)27-3/h4-7,10-11H,8-9,12-13H2,1-3H3. The van der Waals surface area contributed by atoms with Crippen LogP contribution in [0.25, 0.3) is 5.69 Å². The molecule has 0 unspecified atom stereocenters. The Hall–Kier alpha value is -2.38. The van der Waals surface area contributed by atoms with Crippen LogP contribution in [0, 0.1) is 6.92 Å². The number of fused-ring (bicyclic) bond motifs is 1. The molecule has 2 aromatic heterocycles. The highest BCUT2D eigenvalue weighted by atomic mass is 32.2. The quantitative estimate of drug-likeness (QED) is 0.499. The van der Waals surface area contributed by atoms with E-state index in [-0.39, 0.29) is 0 Å². The lowest BCUT2D eigenvalue weighted by Gasteiger charge is -2.27. The molecule has 0 fully saturated rings. The molecule has 1 aromatic carbocycles. The van der Waals surface area contributed by atoms with Crippen LogP contribution in [0.5, 0.6) is 5.75 Å². The van der Waals surface area contributed by atoms with Gasteiger partial charge in [0.05, 0.1) is 24.7 Å². The number of thioether (sulfide) groups is 1. The minimum atomic E-state index is 0.850. The van der Waals surface area contributed by atoms with Gasteiger partial charge in [0.1, 0.15) is 5.75 Å². The van der Waals surface area contributed by atoms with Crippen molar-refractivity contribution in [3.63, 3.8) is 0 Å². The van der Waals surface area contributed by atoms with E-state index in [1.807, 2.05) is 47.6 Å². The third kappa shape index (κ3) is 3.70. The predicted octanol–water partition coefficient (Wildman–Crippen LogP) is 3.26. The number of benzene rings is 1. The van der Waals surface area contributed by atoms with Crippen LogP contribution in [0.4, 0.5) is 0 Å². The van der Waals surface area contributed by atoms with Gasteiger partial charge in [0.25, 0.3) is 0 Å². The van der Waals surface area contributed by atoms with E-state index in [2.05, 4.69) is 26.9 Å². The molecule has 7 heteroatoms. The Morgan fingerprint density at radius 2 is 2.00 bits per heavy atom. The van der Waals surface area contributed by atoms with Crippen LogP contribution in [0.3, 0.4) is 0 Å². The van der Waals surface area contributed by atoms with E-state index in [9.17, 15) is 0 Å². The lowest BCUT2D eigenvalue weighted by Crippen LogP contribution is -2.31. The average Bonchev–Trinajstić information content (AvgIpc) is 3.08. The topological polar surface area (TPSA) is 56.1 Å². The summed E-state index contributed by atoms with van der Waals surface area (Å²) < 4.78 is 7.22. The first-order valence-corrected chi connectivity index (χ1v) is 10.2. The van der Waals surface area contributed by atoms with Crippen molar-refractivity contribution in [1.29, 1.82) is 0 Å². The highest BCUT2D eigenvalue weighted by molar-refractivity contribution is 7.98. The predicted molar refractivity (Wildman–Crippen MR) is 106 cm³/mol. The second-order valence-corrected chi connectivity index (χ2v) is 7.43. The van der Waals surface area contributed by atoms with Gasteiger partial charge in [-0.1, -0.05) is 11.8 Å². The van der Waals surface area contributed by atoms with Gasteiger partial charge in [0.15, 0.2) is 5.16 Å². The fourth-order valence-electron chi connectivity index (χ4n) is 3.41. The molecule has 0 saturated heterocycles. The summed E-state index contributed by atoms with van der Waals surface area (Å²) in [4.78, 5) is 11.5. The Morgan fingerprint density at radius 1 is 1.19 bits per heavy atom. The maximum Gasteiger partial charge on any atom is 0.187 e. The molecule has 3 heterocycles. The minimum Gasteiger partial charge on any atom is -0.497 e. The van der Waals surface area contributed by atoms with Crippen molar-refractivity contribution >= 4 is 11.8 Å². The van der Waals surface area contributed by atoms with Crippen molar-refractivity contribution < 1.29 is 4.74 Å². The molecule has 4 rings (SSSR count). The lowest BCUT2D eigenvalue weighted by molar-refractivity contribution is 0.241. The highest BCUT2D eigenvalue weighted by Crippen LogP contribution is 2.23. The van der Waals surface area contributed by atoms with E-state index in [1.165, 1.54) is 22.5 Å². The Morgan fingerprint density at radius 3 is 2.74 bits per heavy atom. The number of ether oxygens (including phenoxy) is 1. The molecule has 0 N–H and O–H groups in total. The number of rotatable bonds is 5. The van der Waals surface area contributed by atoms with Gasteiger partial charge in [-0.25, -0.2) is 14.6 Å². The molecule has 0 aliphatic carbocycles. The maximum absolute atomic E-state index is 5.24.